The monoisotopic (exact) mass is 401 g/mol. The lowest BCUT2D eigenvalue weighted by Gasteiger charge is -2.32. The molecule has 6 nitrogen and oxygen atoms in total. The van der Waals surface area contributed by atoms with Gasteiger partial charge in [0.1, 0.15) is 5.92 Å². The van der Waals surface area contributed by atoms with Crippen molar-refractivity contribution in [1.29, 1.82) is 0 Å². The summed E-state index contributed by atoms with van der Waals surface area (Å²) in [4.78, 5) is 29.4. The number of Topliss-reactive ketones (excluding diaryl/α,β-unsaturated/α-hetero) is 1. The molecule has 1 aliphatic heterocycles. The number of ketones is 1. The first-order valence-electron chi connectivity index (χ1n) is 10.1. The van der Waals surface area contributed by atoms with Crippen molar-refractivity contribution < 1.29 is 14.3 Å². The van der Waals surface area contributed by atoms with Crippen molar-refractivity contribution >= 4 is 34.0 Å². The molecule has 6 heteroatoms. The van der Waals surface area contributed by atoms with E-state index in [-0.39, 0.29) is 17.7 Å². The third-order valence-corrected chi connectivity index (χ3v) is 6.16. The lowest BCUT2D eigenvalue weighted by atomic mass is 9.75. The number of rotatable bonds is 2. The molecule has 30 heavy (non-hydrogen) atoms. The highest BCUT2D eigenvalue weighted by Gasteiger charge is 2.44. The van der Waals surface area contributed by atoms with E-state index in [1.807, 2.05) is 61.7 Å². The number of para-hydroxylation sites is 3. The number of ether oxygens (including phenoxy) is 1. The minimum absolute atomic E-state index is 0.148. The highest BCUT2D eigenvalue weighted by molar-refractivity contribution is 6.11. The van der Waals surface area contributed by atoms with Crippen LogP contribution in [0, 0.1) is 11.8 Å². The number of aromatic amines is 1. The Balaban J connectivity index is 1.71. The van der Waals surface area contributed by atoms with Crippen molar-refractivity contribution in [1.82, 2.24) is 4.98 Å². The standard InChI is InChI=1S/C24H23N3O3/c1-13-11-19-21(23(28)20(13)24(29)30-2)22(27-18-10-6-5-9-17(18)26-19)15-12-25-16-8-4-3-7-14(15)16/h3-10,12-13,20,22,25-27H,11H2,1-2H3/t13-,20+,22-/m1/s1. The molecule has 3 atom stereocenters. The fourth-order valence-corrected chi connectivity index (χ4v) is 4.70. The number of fused-ring (bicyclic) bond motifs is 2. The highest BCUT2D eigenvalue weighted by Crippen LogP contribution is 2.44. The summed E-state index contributed by atoms with van der Waals surface area (Å²) in [5, 5.41) is 8.08. The van der Waals surface area contributed by atoms with Gasteiger partial charge in [-0.2, -0.15) is 0 Å². The lowest BCUT2D eigenvalue weighted by Crippen LogP contribution is -2.39. The van der Waals surface area contributed by atoms with Crippen LogP contribution in [0.2, 0.25) is 0 Å². The van der Waals surface area contributed by atoms with Crippen LogP contribution in [0.3, 0.4) is 0 Å². The molecule has 152 valence electrons. The highest BCUT2D eigenvalue weighted by atomic mass is 16.5. The molecule has 1 aliphatic carbocycles. The molecule has 2 aromatic carbocycles. The van der Waals surface area contributed by atoms with Gasteiger partial charge in [0.05, 0.1) is 24.5 Å². The molecular weight excluding hydrogens is 378 g/mol. The van der Waals surface area contributed by atoms with Crippen LogP contribution in [0.1, 0.15) is 24.9 Å². The number of methoxy groups -OCH3 is 1. The second-order valence-corrected chi connectivity index (χ2v) is 7.98. The topological polar surface area (TPSA) is 83.2 Å². The molecule has 0 saturated carbocycles. The Kier molecular flexibility index (Phi) is 4.35. The van der Waals surface area contributed by atoms with Gasteiger partial charge in [0, 0.05) is 33.9 Å². The van der Waals surface area contributed by atoms with Crippen LogP contribution in [-0.4, -0.2) is 23.8 Å². The van der Waals surface area contributed by atoms with Crippen molar-refractivity contribution in [3.8, 4) is 0 Å². The van der Waals surface area contributed by atoms with Crippen molar-refractivity contribution in [3.05, 3.63) is 71.6 Å². The van der Waals surface area contributed by atoms with E-state index >= 15 is 0 Å². The number of allylic oxidation sites excluding steroid dienone is 1. The first-order chi connectivity index (χ1) is 14.6. The number of hydrogen-bond donors (Lipinski definition) is 3. The molecule has 0 bridgehead atoms. The van der Waals surface area contributed by atoms with Crippen LogP contribution < -0.4 is 10.6 Å². The van der Waals surface area contributed by atoms with Gasteiger partial charge in [-0.1, -0.05) is 37.3 Å². The number of carbonyl (C=O) groups is 2. The van der Waals surface area contributed by atoms with Gasteiger partial charge in [0.25, 0.3) is 0 Å². The van der Waals surface area contributed by atoms with Gasteiger partial charge in [-0.15, -0.1) is 0 Å². The number of anilines is 2. The number of nitrogens with one attached hydrogen (secondary N) is 3. The number of H-pyrrole nitrogens is 1. The minimum Gasteiger partial charge on any atom is -0.468 e. The second kappa shape index (κ2) is 7.06. The zero-order valence-corrected chi connectivity index (χ0v) is 16.9. The Morgan fingerprint density at radius 2 is 1.80 bits per heavy atom. The van der Waals surface area contributed by atoms with E-state index < -0.39 is 11.9 Å². The van der Waals surface area contributed by atoms with Gasteiger partial charge in [-0.05, 0) is 30.5 Å². The summed E-state index contributed by atoms with van der Waals surface area (Å²) in [7, 11) is 1.34. The van der Waals surface area contributed by atoms with Gasteiger partial charge in [0.2, 0.25) is 0 Å². The van der Waals surface area contributed by atoms with Gasteiger partial charge >= 0.3 is 5.97 Å². The summed E-state index contributed by atoms with van der Waals surface area (Å²) in [5.74, 6) is -1.60. The number of aromatic nitrogens is 1. The molecule has 2 aliphatic rings. The molecule has 0 unspecified atom stereocenters. The number of hydrogen-bond acceptors (Lipinski definition) is 5. The van der Waals surface area contributed by atoms with E-state index in [1.165, 1.54) is 7.11 Å². The van der Waals surface area contributed by atoms with Crippen molar-refractivity contribution in [2.24, 2.45) is 11.8 Å². The van der Waals surface area contributed by atoms with Crippen molar-refractivity contribution in [3.63, 3.8) is 0 Å². The zero-order chi connectivity index (χ0) is 20.8. The van der Waals surface area contributed by atoms with Crippen LogP contribution in [0.15, 0.2) is 66.0 Å². The number of carbonyl (C=O) groups excluding carboxylic acids is 2. The Morgan fingerprint density at radius 1 is 1.07 bits per heavy atom. The summed E-state index contributed by atoms with van der Waals surface area (Å²) in [6.45, 7) is 1.93. The molecule has 5 rings (SSSR count). The largest absolute Gasteiger partial charge is 0.468 e. The first kappa shape index (κ1) is 18.5. The smallest absolute Gasteiger partial charge is 0.316 e. The van der Waals surface area contributed by atoms with E-state index in [0.717, 1.165) is 33.5 Å². The van der Waals surface area contributed by atoms with E-state index in [2.05, 4.69) is 15.6 Å². The van der Waals surface area contributed by atoms with Gasteiger partial charge in [0.15, 0.2) is 5.78 Å². The zero-order valence-electron chi connectivity index (χ0n) is 16.9. The van der Waals surface area contributed by atoms with E-state index in [0.29, 0.717) is 12.0 Å². The summed E-state index contributed by atoms with van der Waals surface area (Å²) in [6.07, 6.45) is 2.54. The summed E-state index contributed by atoms with van der Waals surface area (Å²) < 4.78 is 4.97. The van der Waals surface area contributed by atoms with E-state index in [4.69, 9.17) is 4.74 Å². The molecule has 0 spiro atoms. The summed E-state index contributed by atoms with van der Waals surface area (Å²) in [5.41, 5.74) is 5.28. The molecule has 3 aromatic rings. The lowest BCUT2D eigenvalue weighted by molar-refractivity contribution is -0.151. The summed E-state index contributed by atoms with van der Waals surface area (Å²) in [6, 6.07) is 15.5. The molecule has 1 aromatic heterocycles. The second-order valence-electron chi connectivity index (χ2n) is 7.98. The quantitative estimate of drug-likeness (QED) is 0.438. The van der Waals surface area contributed by atoms with Crippen LogP contribution in [-0.2, 0) is 14.3 Å². The molecule has 0 fully saturated rings. The average Bonchev–Trinajstić information content (AvgIpc) is 3.10. The third kappa shape index (κ3) is 2.79. The maximum atomic E-state index is 13.7. The minimum atomic E-state index is -0.800. The first-order valence-corrected chi connectivity index (χ1v) is 10.1. The Hall–Kier alpha value is -3.54. The van der Waals surface area contributed by atoms with Crippen molar-refractivity contribution in [2.45, 2.75) is 19.4 Å². The maximum absolute atomic E-state index is 13.7. The van der Waals surface area contributed by atoms with E-state index in [1.54, 1.807) is 0 Å². The Morgan fingerprint density at radius 3 is 2.60 bits per heavy atom. The third-order valence-electron chi connectivity index (χ3n) is 6.16. The van der Waals surface area contributed by atoms with E-state index in [9.17, 15) is 9.59 Å². The average molecular weight is 401 g/mol. The van der Waals surface area contributed by atoms with Gasteiger partial charge < -0.3 is 20.4 Å². The molecule has 0 saturated heterocycles. The maximum Gasteiger partial charge on any atom is 0.316 e. The van der Waals surface area contributed by atoms with Crippen LogP contribution >= 0.6 is 0 Å². The number of esters is 1. The molecule has 0 amide bonds. The SMILES string of the molecule is COC(=O)[C@@H]1C(=O)C2=C(C[C@H]1C)Nc1ccccc1N[C@@H]2c1c[nH]c2ccccc12. The van der Waals surface area contributed by atoms with Crippen LogP contribution in [0.5, 0.6) is 0 Å². The predicted molar refractivity (Wildman–Crippen MR) is 116 cm³/mol. The predicted octanol–water partition coefficient (Wildman–Crippen LogP) is 4.40. The van der Waals surface area contributed by atoms with Crippen LogP contribution in [0.4, 0.5) is 11.4 Å². The summed E-state index contributed by atoms with van der Waals surface area (Å²) >= 11 is 0. The van der Waals surface area contributed by atoms with Crippen molar-refractivity contribution in [2.75, 3.05) is 17.7 Å². The fourth-order valence-electron chi connectivity index (χ4n) is 4.70. The molecule has 0 radical (unpaired) electrons. The van der Waals surface area contributed by atoms with Gasteiger partial charge in [-0.25, -0.2) is 0 Å². The number of benzene rings is 2. The normalized spacial score (nSPS) is 23.1. The van der Waals surface area contributed by atoms with Gasteiger partial charge in [-0.3, -0.25) is 9.59 Å². The van der Waals surface area contributed by atoms with Crippen LogP contribution in [0.25, 0.3) is 10.9 Å². The molecule has 3 N–H and O–H groups in total. The molecular formula is C24H23N3O3. The fraction of sp³-hybridized carbons (Fsp3) is 0.250. The molecule has 2 heterocycles. The Bertz CT molecular complexity index is 1190. The Labute approximate surface area is 174 Å².